The van der Waals surface area contributed by atoms with Gasteiger partial charge in [-0.05, 0) is 12.8 Å². The molecule has 0 aromatic carbocycles. The quantitative estimate of drug-likeness (QED) is 0.689. The standard InChI is InChI=1S/C13H25N3O4/c1-5-7-10(12(18)19)14-13(20)16(8-6-2)9-11(17)15(3)4/h10H,5-9H2,1-4H3,(H,14,20)(H,18,19). The molecule has 1 unspecified atom stereocenters. The van der Waals surface area contributed by atoms with Gasteiger partial charge in [0.1, 0.15) is 12.6 Å². The Bertz CT molecular complexity index is 345. The van der Waals surface area contributed by atoms with Crippen LogP contribution >= 0.6 is 0 Å². The highest BCUT2D eigenvalue weighted by atomic mass is 16.4. The number of hydrogen-bond acceptors (Lipinski definition) is 3. The van der Waals surface area contributed by atoms with E-state index in [1.807, 2.05) is 13.8 Å². The molecule has 0 aromatic heterocycles. The van der Waals surface area contributed by atoms with Crippen LogP contribution in [0.2, 0.25) is 0 Å². The molecule has 0 radical (unpaired) electrons. The molecular formula is C13H25N3O4. The Morgan fingerprint density at radius 3 is 2.15 bits per heavy atom. The molecule has 2 N–H and O–H groups in total. The number of carbonyl (C=O) groups excluding carboxylic acids is 2. The third-order valence-corrected chi connectivity index (χ3v) is 2.78. The Morgan fingerprint density at radius 1 is 1.15 bits per heavy atom. The van der Waals surface area contributed by atoms with Crippen LogP contribution in [0.15, 0.2) is 0 Å². The molecule has 3 amide bonds. The van der Waals surface area contributed by atoms with Crippen LogP contribution in [0, 0.1) is 0 Å². The van der Waals surface area contributed by atoms with E-state index in [0.29, 0.717) is 25.8 Å². The lowest BCUT2D eigenvalue weighted by Crippen LogP contribution is -2.50. The second-order valence-corrected chi connectivity index (χ2v) is 4.84. The Kier molecular flexibility index (Phi) is 8.35. The molecule has 116 valence electrons. The minimum atomic E-state index is -1.06. The number of urea groups is 1. The van der Waals surface area contributed by atoms with Crippen LogP contribution in [0.4, 0.5) is 4.79 Å². The maximum absolute atomic E-state index is 12.1. The maximum atomic E-state index is 12.1. The van der Waals surface area contributed by atoms with Gasteiger partial charge in [0.05, 0.1) is 0 Å². The van der Waals surface area contributed by atoms with Crippen molar-refractivity contribution in [2.75, 3.05) is 27.2 Å². The summed E-state index contributed by atoms with van der Waals surface area (Å²) >= 11 is 0. The van der Waals surface area contributed by atoms with Crippen LogP contribution < -0.4 is 5.32 Å². The fourth-order valence-electron chi connectivity index (χ4n) is 1.61. The monoisotopic (exact) mass is 287 g/mol. The van der Waals surface area contributed by atoms with Crippen LogP contribution in [0.3, 0.4) is 0 Å². The van der Waals surface area contributed by atoms with Crippen molar-refractivity contribution < 1.29 is 19.5 Å². The van der Waals surface area contributed by atoms with Crippen LogP contribution in [0.25, 0.3) is 0 Å². The molecule has 0 aliphatic carbocycles. The van der Waals surface area contributed by atoms with Gasteiger partial charge in [0.2, 0.25) is 5.91 Å². The van der Waals surface area contributed by atoms with Crippen LogP contribution in [0.5, 0.6) is 0 Å². The van der Waals surface area contributed by atoms with Gasteiger partial charge < -0.3 is 20.2 Å². The van der Waals surface area contributed by atoms with E-state index in [1.165, 1.54) is 9.80 Å². The van der Waals surface area contributed by atoms with Crippen LogP contribution in [-0.2, 0) is 9.59 Å². The highest BCUT2D eigenvalue weighted by Crippen LogP contribution is 2.01. The van der Waals surface area contributed by atoms with E-state index >= 15 is 0 Å². The van der Waals surface area contributed by atoms with Crippen LogP contribution in [-0.4, -0.2) is 66.0 Å². The molecule has 0 rings (SSSR count). The summed E-state index contributed by atoms with van der Waals surface area (Å²) in [5.41, 5.74) is 0. The molecule has 0 aliphatic heterocycles. The van der Waals surface area contributed by atoms with Gasteiger partial charge >= 0.3 is 12.0 Å². The molecule has 0 saturated heterocycles. The van der Waals surface area contributed by atoms with Gasteiger partial charge in [0.25, 0.3) is 0 Å². The summed E-state index contributed by atoms with van der Waals surface area (Å²) in [7, 11) is 3.23. The largest absolute Gasteiger partial charge is 0.480 e. The Balaban J connectivity index is 4.70. The zero-order valence-corrected chi connectivity index (χ0v) is 12.7. The molecule has 0 saturated carbocycles. The Hall–Kier alpha value is -1.79. The number of nitrogens with one attached hydrogen (secondary N) is 1. The van der Waals surface area contributed by atoms with Crippen molar-refractivity contribution in [2.45, 2.75) is 39.2 Å². The van der Waals surface area contributed by atoms with E-state index in [9.17, 15) is 14.4 Å². The van der Waals surface area contributed by atoms with Crippen molar-refractivity contribution >= 4 is 17.9 Å². The Labute approximate surface area is 119 Å². The van der Waals surface area contributed by atoms with E-state index in [4.69, 9.17) is 5.11 Å². The lowest BCUT2D eigenvalue weighted by molar-refractivity contribution is -0.139. The summed E-state index contributed by atoms with van der Waals surface area (Å²) in [5, 5.41) is 11.5. The number of carboxylic acid groups (broad SMARTS) is 1. The van der Waals surface area contributed by atoms with Crippen molar-refractivity contribution in [3.05, 3.63) is 0 Å². The molecular weight excluding hydrogens is 262 g/mol. The zero-order chi connectivity index (χ0) is 15.7. The minimum Gasteiger partial charge on any atom is -0.480 e. The smallest absolute Gasteiger partial charge is 0.326 e. The number of carboxylic acids is 1. The topological polar surface area (TPSA) is 90.0 Å². The minimum absolute atomic E-state index is 0.0505. The number of amides is 3. The molecule has 20 heavy (non-hydrogen) atoms. The molecule has 0 fully saturated rings. The van der Waals surface area contributed by atoms with E-state index < -0.39 is 18.0 Å². The number of nitrogens with zero attached hydrogens (tertiary/aromatic N) is 2. The second kappa shape index (κ2) is 9.17. The molecule has 7 heteroatoms. The first-order valence-electron chi connectivity index (χ1n) is 6.81. The lowest BCUT2D eigenvalue weighted by atomic mass is 10.2. The fourth-order valence-corrected chi connectivity index (χ4v) is 1.61. The van der Waals surface area contributed by atoms with E-state index in [0.717, 1.165) is 0 Å². The molecule has 0 aliphatic rings. The highest BCUT2D eigenvalue weighted by Gasteiger charge is 2.23. The van der Waals surface area contributed by atoms with E-state index in [-0.39, 0.29) is 12.5 Å². The summed E-state index contributed by atoms with van der Waals surface area (Å²) in [6.45, 7) is 4.09. The number of rotatable bonds is 8. The van der Waals surface area contributed by atoms with Crippen molar-refractivity contribution in [3.63, 3.8) is 0 Å². The van der Waals surface area contributed by atoms with Gasteiger partial charge in [-0.3, -0.25) is 4.79 Å². The van der Waals surface area contributed by atoms with Crippen molar-refractivity contribution in [2.24, 2.45) is 0 Å². The maximum Gasteiger partial charge on any atom is 0.326 e. The zero-order valence-electron chi connectivity index (χ0n) is 12.7. The fraction of sp³-hybridized carbons (Fsp3) is 0.769. The number of hydrogen-bond donors (Lipinski definition) is 2. The number of carbonyl (C=O) groups is 3. The van der Waals surface area contributed by atoms with Gasteiger partial charge in [-0.25, -0.2) is 9.59 Å². The summed E-state index contributed by atoms with van der Waals surface area (Å²) in [6, 6.07) is -1.43. The van der Waals surface area contributed by atoms with E-state index in [2.05, 4.69) is 5.32 Å². The summed E-state index contributed by atoms with van der Waals surface area (Å²) in [5.74, 6) is -1.26. The highest BCUT2D eigenvalue weighted by molar-refractivity contribution is 5.86. The number of likely N-dealkylation sites (N-methyl/N-ethyl adjacent to an activating group) is 1. The van der Waals surface area contributed by atoms with Gasteiger partial charge in [-0.1, -0.05) is 20.3 Å². The first kappa shape index (κ1) is 18.2. The van der Waals surface area contributed by atoms with Gasteiger partial charge in [-0.15, -0.1) is 0 Å². The predicted octanol–water partition coefficient (Wildman–Crippen LogP) is 0.750. The van der Waals surface area contributed by atoms with Gasteiger partial charge in [0, 0.05) is 20.6 Å². The SMILES string of the molecule is CCCC(NC(=O)N(CCC)CC(=O)N(C)C)C(=O)O. The van der Waals surface area contributed by atoms with Crippen LogP contribution in [0.1, 0.15) is 33.1 Å². The molecule has 0 aromatic rings. The third kappa shape index (κ3) is 6.40. The van der Waals surface area contributed by atoms with Crippen molar-refractivity contribution in [1.29, 1.82) is 0 Å². The van der Waals surface area contributed by atoms with E-state index in [1.54, 1.807) is 14.1 Å². The van der Waals surface area contributed by atoms with Crippen molar-refractivity contribution in [3.8, 4) is 0 Å². The first-order valence-corrected chi connectivity index (χ1v) is 6.81. The lowest BCUT2D eigenvalue weighted by Gasteiger charge is -2.25. The first-order chi connectivity index (χ1) is 9.33. The molecule has 0 bridgehead atoms. The Morgan fingerprint density at radius 2 is 1.75 bits per heavy atom. The molecule has 7 nitrogen and oxygen atoms in total. The molecule has 1 atom stereocenters. The van der Waals surface area contributed by atoms with Gasteiger partial charge in [0.15, 0.2) is 0 Å². The predicted molar refractivity (Wildman–Crippen MR) is 75.4 cm³/mol. The summed E-state index contributed by atoms with van der Waals surface area (Å²) in [6.07, 6.45) is 1.71. The average molecular weight is 287 g/mol. The molecule has 0 heterocycles. The molecule has 0 spiro atoms. The second-order valence-electron chi connectivity index (χ2n) is 4.84. The van der Waals surface area contributed by atoms with Crippen molar-refractivity contribution in [1.82, 2.24) is 15.1 Å². The summed E-state index contributed by atoms with van der Waals surface area (Å²) < 4.78 is 0. The normalized spacial score (nSPS) is 11.6. The average Bonchev–Trinajstić information content (AvgIpc) is 2.37. The summed E-state index contributed by atoms with van der Waals surface area (Å²) in [4.78, 5) is 37.5. The number of aliphatic carboxylic acids is 1. The third-order valence-electron chi connectivity index (χ3n) is 2.78. The van der Waals surface area contributed by atoms with Gasteiger partial charge in [-0.2, -0.15) is 0 Å².